The standard InChI is InChI=1S/C23H22N2O3.ClH/c1-16(26)18-10-12-19(13-11-18)25-23(27)22(24)15-17-6-5-9-21(14-17)28-20-7-3-2-4-8-20;/h2-14,22H,15,24H2,1H3,(H,25,27);1H. The molecule has 0 bridgehead atoms. The van der Waals surface area contributed by atoms with Crippen LogP contribution in [0.15, 0.2) is 78.9 Å². The highest BCUT2D eigenvalue weighted by Crippen LogP contribution is 2.22. The molecule has 0 saturated heterocycles. The molecule has 3 aromatic carbocycles. The number of para-hydroxylation sites is 1. The summed E-state index contributed by atoms with van der Waals surface area (Å²) in [4.78, 5) is 23.7. The summed E-state index contributed by atoms with van der Waals surface area (Å²) in [6.07, 6.45) is 0.378. The average Bonchev–Trinajstić information content (AvgIpc) is 2.69. The van der Waals surface area contributed by atoms with Gasteiger partial charge in [-0.3, -0.25) is 9.59 Å². The maximum Gasteiger partial charge on any atom is 0.241 e. The fraction of sp³-hybridized carbons (Fsp3) is 0.130. The van der Waals surface area contributed by atoms with E-state index in [1.807, 2.05) is 54.6 Å². The Morgan fingerprint density at radius 1 is 0.931 bits per heavy atom. The second-order valence-corrected chi connectivity index (χ2v) is 6.50. The van der Waals surface area contributed by atoms with Crippen molar-refractivity contribution in [2.45, 2.75) is 19.4 Å². The number of Topliss-reactive ketones (excluding diaryl/α,β-unsaturated/α-hetero) is 1. The van der Waals surface area contributed by atoms with Crippen molar-refractivity contribution in [1.29, 1.82) is 0 Å². The molecule has 6 heteroatoms. The molecule has 29 heavy (non-hydrogen) atoms. The minimum atomic E-state index is -0.709. The zero-order valence-electron chi connectivity index (χ0n) is 16.0. The van der Waals surface area contributed by atoms with E-state index in [0.717, 1.165) is 11.3 Å². The summed E-state index contributed by atoms with van der Waals surface area (Å²) in [5, 5.41) is 2.78. The topological polar surface area (TPSA) is 81.4 Å². The molecule has 5 nitrogen and oxygen atoms in total. The fourth-order valence-electron chi connectivity index (χ4n) is 2.73. The van der Waals surface area contributed by atoms with Gasteiger partial charge < -0.3 is 15.8 Å². The molecular weight excluding hydrogens is 388 g/mol. The van der Waals surface area contributed by atoms with Gasteiger partial charge in [-0.05, 0) is 67.4 Å². The van der Waals surface area contributed by atoms with Crippen molar-refractivity contribution in [2.24, 2.45) is 5.73 Å². The second kappa shape index (κ2) is 10.4. The molecule has 0 saturated carbocycles. The minimum Gasteiger partial charge on any atom is -0.457 e. The quantitative estimate of drug-likeness (QED) is 0.557. The van der Waals surface area contributed by atoms with Crippen LogP contribution in [0.25, 0.3) is 0 Å². The van der Waals surface area contributed by atoms with Crippen molar-refractivity contribution in [3.05, 3.63) is 90.0 Å². The third-order valence-corrected chi connectivity index (χ3v) is 4.23. The molecule has 150 valence electrons. The number of nitrogens with one attached hydrogen (secondary N) is 1. The van der Waals surface area contributed by atoms with Crippen LogP contribution in [0, 0.1) is 0 Å². The van der Waals surface area contributed by atoms with Crippen molar-refractivity contribution in [1.82, 2.24) is 0 Å². The van der Waals surface area contributed by atoms with Gasteiger partial charge in [-0.15, -0.1) is 12.4 Å². The number of ether oxygens (including phenoxy) is 1. The van der Waals surface area contributed by atoms with E-state index in [0.29, 0.717) is 23.4 Å². The van der Waals surface area contributed by atoms with Crippen LogP contribution >= 0.6 is 12.4 Å². The number of hydrogen-bond donors (Lipinski definition) is 2. The number of amides is 1. The molecule has 0 aromatic heterocycles. The van der Waals surface area contributed by atoms with Crippen molar-refractivity contribution in [3.63, 3.8) is 0 Å². The number of carbonyl (C=O) groups is 2. The lowest BCUT2D eigenvalue weighted by Crippen LogP contribution is -2.37. The molecule has 1 unspecified atom stereocenters. The smallest absolute Gasteiger partial charge is 0.241 e. The van der Waals surface area contributed by atoms with E-state index < -0.39 is 6.04 Å². The van der Waals surface area contributed by atoms with E-state index in [2.05, 4.69) is 5.32 Å². The monoisotopic (exact) mass is 410 g/mol. The summed E-state index contributed by atoms with van der Waals surface area (Å²) in [6.45, 7) is 1.50. The van der Waals surface area contributed by atoms with Gasteiger partial charge in [0.1, 0.15) is 11.5 Å². The number of nitrogens with two attached hydrogens (primary N) is 1. The first-order chi connectivity index (χ1) is 13.5. The molecule has 0 radical (unpaired) electrons. The van der Waals surface area contributed by atoms with Crippen molar-refractivity contribution in [2.75, 3.05) is 5.32 Å². The largest absolute Gasteiger partial charge is 0.457 e. The third-order valence-electron chi connectivity index (χ3n) is 4.23. The number of ketones is 1. The van der Waals surface area contributed by atoms with E-state index in [-0.39, 0.29) is 24.1 Å². The Labute approximate surface area is 176 Å². The Morgan fingerprint density at radius 2 is 1.59 bits per heavy atom. The van der Waals surface area contributed by atoms with Gasteiger partial charge in [-0.2, -0.15) is 0 Å². The van der Waals surface area contributed by atoms with Crippen molar-refractivity contribution in [3.8, 4) is 11.5 Å². The van der Waals surface area contributed by atoms with Crippen LogP contribution in [0.2, 0.25) is 0 Å². The van der Waals surface area contributed by atoms with E-state index in [4.69, 9.17) is 10.5 Å². The van der Waals surface area contributed by atoms with Gasteiger partial charge in [-0.1, -0.05) is 30.3 Å². The molecular formula is C23H23ClN2O3. The summed E-state index contributed by atoms with van der Waals surface area (Å²) >= 11 is 0. The first-order valence-electron chi connectivity index (χ1n) is 9.00. The predicted molar refractivity (Wildman–Crippen MR) is 117 cm³/mol. The Kier molecular flexibility index (Phi) is 7.95. The molecule has 0 aliphatic heterocycles. The Balaban J connectivity index is 0.00000300. The van der Waals surface area contributed by atoms with Crippen LogP contribution in [0.3, 0.4) is 0 Å². The molecule has 1 atom stereocenters. The highest BCUT2D eigenvalue weighted by molar-refractivity contribution is 5.97. The summed E-state index contributed by atoms with van der Waals surface area (Å²) in [6, 6.07) is 23.0. The first kappa shape index (κ1) is 22.1. The van der Waals surface area contributed by atoms with Crippen molar-refractivity contribution >= 4 is 29.8 Å². The van der Waals surface area contributed by atoms with E-state index in [9.17, 15) is 9.59 Å². The highest BCUT2D eigenvalue weighted by atomic mass is 35.5. The predicted octanol–water partition coefficient (Wildman–Crippen LogP) is 4.61. The summed E-state index contributed by atoms with van der Waals surface area (Å²) < 4.78 is 5.82. The molecule has 1 amide bonds. The van der Waals surface area contributed by atoms with Crippen LogP contribution in [0.1, 0.15) is 22.8 Å². The molecule has 3 N–H and O–H groups in total. The second-order valence-electron chi connectivity index (χ2n) is 6.50. The number of anilines is 1. The molecule has 0 aliphatic carbocycles. The third kappa shape index (κ3) is 6.45. The van der Waals surface area contributed by atoms with Gasteiger partial charge in [0, 0.05) is 11.3 Å². The highest BCUT2D eigenvalue weighted by Gasteiger charge is 2.15. The molecule has 0 aliphatic rings. The molecule has 0 fully saturated rings. The van der Waals surface area contributed by atoms with Crippen LogP contribution in [-0.2, 0) is 11.2 Å². The van der Waals surface area contributed by atoms with Gasteiger partial charge in [0.15, 0.2) is 5.78 Å². The van der Waals surface area contributed by atoms with E-state index >= 15 is 0 Å². The zero-order chi connectivity index (χ0) is 19.9. The van der Waals surface area contributed by atoms with Gasteiger partial charge in [0.2, 0.25) is 5.91 Å². The fourth-order valence-corrected chi connectivity index (χ4v) is 2.73. The molecule has 3 rings (SSSR count). The number of halogens is 1. The summed E-state index contributed by atoms with van der Waals surface area (Å²) in [7, 11) is 0. The van der Waals surface area contributed by atoms with Crippen LogP contribution < -0.4 is 15.8 Å². The maximum absolute atomic E-state index is 12.4. The Hall–Kier alpha value is -3.15. The van der Waals surface area contributed by atoms with Gasteiger partial charge in [0.05, 0.1) is 6.04 Å². The van der Waals surface area contributed by atoms with Crippen LogP contribution in [0.5, 0.6) is 11.5 Å². The van der Waals surface area contributed by atoms with E-state index in [1.165, 1.54) is 6.92 Å². The number of benzene rings is 3. The van der Waals surface area contributed by atoms with Crippen molar-refractivity contribution < 1.29 is 14.3 Å². The molecule has 0 heterocycles. The van der Waals surface area contributed by atoms with Crippen LogP contribution in [-0.4, -0.2) is 17.7 Å². The van der Waals surface area contributed by atoms with Crippen LogP contribution in [0.4, 0.5) is 5.69 Å². The molecule has 3 aromatic rings. The lowest BCUT2D eigenvalue weighted by atomic mass is 10.1. The van der Waals surface area contributed by atoms with Gasteiger partial charge >= 0.3 is 0 Å². The summed E-state index contributed by atoms with van der Waals surface area (Å²) in [5.41, 5.74) is 8.17. The Bertz CT molecular complexity index is 959. The average molecular weight is 411 g/mol. The lowest BCUT2D eigenvalue weighted by molar-refractivity contribution is -0.117. The Morgan fingerprint density at radius 3 is 2.24 bits per heavy atom. The molecule has 0 spiro atoms. The number of carbonyl (C=O) groups excluding carboxylic acids is 2. The zero-order valence-corrected chi connectivity index (χ0v) is 16.8. The minimum absolute atomic E-state index is 0. The van der Waals surface area contributed by atoms with Gasteiger partial charge in [0.25, 0.3) is 0 Å². The number of rotatable bonds is 7. The normalized spacial score (nSPS) is 11.1. The van der Waals surface area contributed by atoms with E-state index in [1.54, 1.807) is 24.3 Å². The SMILES string of the molecule is CC(=O)c1ccc(NC(=O)C(N)Cc2cccc(Oc3ccccc3)c2)cc1.Cl. The number of hydrogen-bond acceptors (Lipinski definition) is 4. The van der Waals surface area contributed by atoms with Gasteiger partial charge in [-0.25, -0.2) is 0 Å². The maximum atomic E-state index is 12.4. The summed E-state index contributed by atoms with van der Waals surface area (Å²) in [5.74, 6) is 1.13. The lowest BCUT2D eigenvalue weighted by Gasteiger charge is -2.13. The first-order valence-corrected chi connectivity index (χ1v) is 9.00.